The summed E-state index contributed by atoms with van der Waals surface area (Å²) in [6.07, 6.45) is 0. The number of nitrogens with zero attached hydrogens (tertiary/aromatic N) is 2. The normalized spacial score (nSPS) is 12.0. The van der Waals surface area contributed by atoms with Gasteiger partial charge in [-0.3, -0.25) is 0 Å². The van der Waals surface area contributed by atoms with Gasteiger partial charge in [-0.2, -0.15) is 4.57 Å². The summed E-state index contributed by atoms with van der Waals surface area (Å²) < 4.78 is 9.18. The highest BCUT2D eigenvalue weighted by Crippen LogP contribution is 2.44. The number of fused-ring (bicyclic) bond motifs is 3. The van der Waals surface area contributed by atoms with Gasteiger partial charge in [-0.15, -0.1) is 0 Å². The van der Waals surface area contributed by atoms with Crippen molar-refractivity contribution in [2.75, 3.05) is 0 Å². The van der Waals surface area contributed by atoms with E-state index in [-0.39, 0.29) is 0 Å². The Bertz CT molecular complexity index is 1760. The first kappa shape index (κ1) is 25.9. The molecule has 5 rings (SSSR count). The zero-order valence-electron chi connectivity index (χ0n) is 24.1. The molecule has 0 fully saturated rings. The molecule has 0 radical (unpaired) electrons. The van der Waals surface area contributed by atoms with Crippen molar-refractivity contribution in [3.8, 4) is 22.4 Å². The van der Waals surface area contributed by atoms with Crippen LogP contribution in [0.4, 0.5) is 5.69 Å². The van der Waals surface area contributed by atoms with E-state index in [1.165, 1.54) is 33.3 Å². The van der Waals surface area contributed by atoms with Gasteiger partial charge in [0.25, 0.3) is 0 Å². The van der Waals surface area contributed by atoms with Gasteiger partial charge in [0, 0.05) is 34.9 Å². The lowest BCUT2D eigenvalue weighted by Crippen LogP contribution is -2.47. The van der Waals surface area contributed by atoms with Gasteiger partial charge in [0.15, 0.2) is 11.4 Å². The third-order valence-corrected chi connectivity index (χ3v) is 9.95. The van der Waals surface area contributed by atoms with Crippen LogP contribution in [0.15, 0.2) is 59.0 Å². The van der Waals surface area contributed by atoms with Crippen LogP contribution in [0.5, 0.6) is 0 Å². The maximum absolute atomic E-state index is 7.87. The zero-order chi connectivity index (χ0) is 27.5. The quantitative estimate of drug-likeness (QED) is 0.132. The van der Waals surface area contributed by atoms with E-state index in [0.29, 0.717) is 11.6 Å². The SMILES string of the molecule is [C-]#[N+]c1ccc2c(oc3c(-c4cc([Si](C)(C)C)c(C(C)C)c(C)[n+]4C)c(C)ccc32)c1-c1ccc(C)cc1. The lowest BCUT2D eigenvalue weighted by molar-refractivity contribution is -0.667. The standard InChI is InChI=1S/C34H37N2OSi/c1-20(2)30-23(5)36(7)28(19-29(30)38(8,9)10)31-22(4)13-16-25-26-17-18-27(35-6)32(34(26)37-33(25)31)24-14-11-21(3)12-15-24/h11-20H,1-5,7-10H3/q+1. The average Bonchev–Trinajstić information content (AvgIpc) is 3.23. The van der Waals surface area contributed by atoms with E-state index in [4.69, 9.17) is 11.0 Å². The first-order valence-corrected chi connectivity index (χ1v) is 16.9. The second-order valence-electron chi connectivity index (χ2n) is 12.0. The number of hydrogen-bond donors (Lipinski definition) is 0. The second kappa shape index (κ2) is 9.25. The molecule has 0 unspecified atom stereocenters. The summed E-state index contributed by atoms with van der Waals surface area (Å²) in [6, 6.07) is 19.2. The summed E-state index contributed by atoms with van der Waals surface area (Å²) >= 11 is 0. The van der Waals surface area contributed by atoms with Crippen LogP contribution in [-0.2, 0) is 7.05 Å². The van der Waals surface area contributed by atoms with Crippen LogP contribution in [0, 0.1) is 27.3 Å². The molecular weight excluding hydrogens is 480 g/mol. The molecule has 5 aromatic rings. The van der Waals surface area contributed by atoms with Gasteiger partial charge in [0.1, 0.15) is 18.2 Å². The summed E-state index contributed by atoms with van der Waals surface area (Å²) in [4.78, 5) is 3.87. The molecule has 2 heterocycles. The van der Waals surface area contributed by atoms with E-state index in [9.17, 15) is 0 Å². The first-order valence-electron chi connectivity index (χ1n) is 13.4. The fraction of sp³-hybridized carbons (Fsp3) is 0.294. The van der Waals surface area contributed by atoms with Gasteiger partial charge >= 0.3 is 0 Å². The average molecular weight is 518 g/mol. The summed E-state index contributed by atoms with van der Waals surface area (Å²) in [5.74, 6) is 0.462. The van der Waals surface area contributed by atoms with E-state index in [2.05, 4.69) is 113 Å². The Hall–Kier alpha value is -3.68. The molecule has 0 saturated heterocycles. The Morgan fingerprint density at radius 1 is 0.842 bits per heavy atom. The molecule has 2 aromatic heterocycles. The molecular formula is C34H37N2OSi+. The number of benzene rings is 3. The fourth-order valence-electron chi connectivity index (χ4n) is 5.86. The maximum Gasteiger partial charge on any atom is 0.216 e. The minimum atomic E-state index is -1.62. The molecule has 0 saturated carbocycles. The third kappa shape index (κ3) is 4.06. The summed E-state index contributed by atoms with van der Waals surface area (Å²) in [5.41, 5.74) is 11.7. The topological polar surface area (TPSA) is 21.4 Å². The molecule has 0 amide bonds. The predicted molar refractivity (Wildman–Crippen MR) is 163 cm³/mol. The van der Waals surface area contributed by atoms with E-state index < -0.39 is 8.07 Å². The van der Waals surface area contributed by atoms with Crippen molar-refractivity contribution in [2.24, 2.45) is 7.05 Å². The van der Waals surface area contributed by atoms with Crippen LogP contribution in [0.3, 0.4) is 0 Å². The maximum atomic E-state index is 7.87. The van der Waals surface area contributed by atoms with Gasteiger partial charge in [-0.1, -0.05) is 87.6 Å². The Morgan fingerprint density at radius 2 is 1.45 bits per heavy atom. The fourth-order valence-corrected chi connectivity index (χ4v) is 7.71. The Labute approximate surface area is 227 Å². The summed E-state index contributed by atoms with van der Waals surface area (Å²) in [6.45, 7) is 26.3. The predicted octanol–water partition coefficient (Wildman–Crippen LogP) is 8.89. The van der Waals surface area contributed by atoms with E-state index in [0.717, 1.165) is 38.6 Å². The van der Waals surface area contributed by atoms with Gasteiger partial charge < -0.3 is 4.42 Å². The van der Waals surface area contributed by atoms with Crippen LogP contribution >= 0.6 is 0 Å². The van der Waals surface area contributed by atoms with Crippen molar-refractivity contribution >= 4 is 40.9 Å². The summed E-state index contributed by atoms with van der Waals surface area (Å²) in [5, 5.41) is 3.65. The first-order chi connectivity index (χ1) is 17.9. The smallest absolute Gasteiger partial charge is 0.216 e. The Kier molecular flexibility index (Phi) is 6.32. The van der Waals surface area contributed by atoms with E-state index in [1.807, 2.05) is 12.1 Å². The Balaban J connectivity index is 1.90. The number of rotatable bonds is 4. The molecule has 4 heteroatoms. The van der Waals surface area contributed by atoms with Gasteiger partial charge in [-0.25, -0.2) is 4.85 Å². The molecule has 38 heavy (non-hydrogen) atoms. The number of hydrogen-bond acceptors (Lipinski definition) is 1. The number of aryl methyl sites for hydroxylation is 2. The molecule has 3 aromatic carbocycles. The van der Waals surface area contributed by atoms with Gasteiger partial charge in [0.2, 0.25) is 5.69 Å². The van der Waals surface area contributed by atoms with Crippen molar-refractivity contribution in [1.82, 2.24) is 0 Å². The highest BCUT2D eigenvalue weighted by Gasteiger charge is 2.31. The number of aromatic nitrogens is 1. The van der Waals surface area contributed by atoms with Crippen molar-refractivity contribution in [1.29, 1.82) is 0 Å². The van der Waals surface area contributed by atoms with Crippen molar-refractivity contribution in [3.63, 3.8) is 0 Å². The van der Waals surface area contributed by atoms with Crippen molar-refractivity contribution < 1.29 is 8.98 Å². The number of furan rings is 1. The number of pyridine rings is 1. The Morgan fingerprint density at radius 3 is 2.03 bits per heavy atom. The third-order valence-electron chi connectivity index (χ3n) is 7.92. The largest absolute Gasteiger partial charge is 0.456 e. The molecule has 0 atom stereocenters. The molecule has 0 aliphatic rings. The lowest BCUT2D eigenvalue weighted by Gasteiger charge is -2.24. The second-order valence-corrected chi connectivity index (χ2v) is 17.0. The molecule has 0 bridgehead atoms. The highest BCUT2D eigenvalue weighted by atomic mass is 28.3. The minimum Gasteiger partial charge on any atom is -0.456 e. The van der Waals surface area contributed by atoms with Crippen LogP contribution in [-0.4, -0.2) is 8.07 Å². The molecule has 3 nitrogen and oxygen atoms in total. The van der Waals surface area contributed by atoms with Crippen LogP contribution in [0.1, 0.15) is 42.1 Å². The minimum absolute atomic E-state index is 0.462. The molecule has 0 aliphatic heterocycles. The van der Waals surface area contributed by atoms with Gasteiger partial charge in [0.05, 0.1) is 20.2 Å². The van der Waals surface area contributed by atoms with Gasteiger partial charge in [-0.05, 0) is 36.1 Å². The molecule has 0 N–H and O–H groups in total. The van der Waals surface area contributed by atoms with Crippen molar-refractivity contribution in [2.45, 2.75) is 60.2 Å². The van der Waals surface area contributed by atoms with E-state index in [1.54, 1.807) is 0 Å². The molecule has 192 valence electrons. The lowest BCUT2D eigenvalue weighted by atomic mass is 9.96. The monoisotopic (exact) mass is 517 g/mol. The highest BCUT2D eigenvalue weighted by molar-refractivity contribution is 6.89. The van der Waals surface area contributed by atoms with Crippen LogP contribution in [0.2, 0.25) is 19.6 Å². The summed E-state index contributed by atoms with van der Waals surface area (Å²) in [7, 11) is 0.558. The molecule has 0 aliphatic carbocycles. The molecule has 0 spiro atoms. The van der Waals surface area contributed by atoms with Crippen molar-refractivity contribution in [3.05, 3.63) is 88.4 Å². The van der Waals surface area contributed by atoms with Crippen LogP contribution < -0.4 is 9.75 Å². The zero-order valence-corrected chi connectivity index (χ0v) is 25.1. The van der Waals surface area contributed by atoms with E-state index >= 15 is 0 Å². The van der Waals surface area contributed by atoms with Crippen LogP contribution in [0.25, 0.3) is 49.2 Å².